The van der Waals surface area contributed by atoms with E-state index in [9.17, 15) is 9.18 Å². The molecule has 0 unspecified atom stereocenters. The lowest BCUT2D eigenvalue weighted by atomic mass is 10.1. The molecule has 20 heavy (non-hydrogen) atoms. The number of amides is 1. The zero-order chi connectivity index (χ0) is 14.1. The van der Waals surface area contributed by atoms with Crippen molar-refractivity contribution in [3.8, 4) is 0 Å². The summed E-state index contributed by atoms with van der Waals surface area (Å²) in [7, 11) is 0. The number of anilines is 2. The smallest absolute Gasteiger partial charge is 0.255 e. The number of benzene rings is 2. The fourth-order valence-corrected chi connectivity index (χ4v) is 2.12. The molecule has 0 saturated heterocycles. The third kappa shape index (κ3) is 2.35. The van der Waals surface area contributed by atoms with Gasteiger partial charge in [-0.2, -0.15) is 0 Å². The molecule has 3 rings (SSSR count). The van der Waals surface area contributed by atoms with E-state index < -0.39 is 5.82 Å². The molecule has 3 N–H and O–H groups in total. The average Bonchev–Trinajstić information content (AvgIpc) is 2.90. The van der Waals surface area contributed by atoms with Crippen LogP contribution in [-0.4, -0.2) is 5.91 Å². The molecule has 5 heteroatoms. The van der Waals surface area contributed by atoms with Crippen molar-refractivity contribution in [2.75, 3.05) is 11.1 Å². The van der Waals surface area contributed by atoms with Crippen LogP contribution in [0, 0.1) is 5.82 Å². The molecule has 0 aromatic heterocycles. The second-order valence-corrected chi connectivity index (χ2v) is 4.67. The Kier molecular flexibility index (Phi) is 3.12. The van der Waals surface area contributed by atoms with Gasteiger partial charge in [0.2, 0.25) is 0 Å². The normalized spacial score (nSPS) is 13.1. The Morgan fingerprint density at radius 3 is 2.75 bits per heavy atom. The summed E-state index contributed by atoms with van der Waals surface area (Å²) in [5.74, 6) is -0.839. The number of ether oxygens (including phenoxy) is 1. The lowest BCUT2D eigenvalue weighted by Crippen LogP contribution is -2.12. The third-order valence-corrected chi connectivity index (χ3v) is 3.24. The maximum absolute atomic E-state index is 13.3. The molecule has 0 fully saturated rings. The molecular formula is C15H13FN2O2. The largest absolute Gasteiger partial charge is 0.396 e. The van der Waals surface area contributed by atoms with E-state index in [-0.39, 0.29) is 11.6 Å². The van der Waals surface area contributed by atoms with E-state index >= 15 is 0 Å². The number of nitrogen functional groups attached to an aromatic ring is 1. The number of rotatable bonds is 2. The molecule has 0 atom stereocenters. The van der Waals surface area contributed by atoms with Gasteiger partial charge in [-0.05, 0) is 41.5 Å². The number of carbonyl (C=O) groups is 1. The van der Waals surface area contributed by atoms with Crippen molar-refractivity contribution in [2.45, 2.75) is 13.2 Å². The Morgan fingerprint density at radius 1 is 1.15 bits per heavy atom. The van der Waals surface area contributed by atoms with Gasteiger partial charge in [0.05, 0.1) is 18.9 Å². The lowest BCUT2D eigenvalue weighted by Gasteiger charge is -2.07. The van der Waals surface area contributed by atoms with Gasteiger partial charge in [0.1, 0.15) is 5.82 Å². The highest BCUT2D eigenvalue weighted by atomic mass is 19.1. The van der Waals surface area contributed by atoms with Gasteiger partial charge in [0, 0.05) is 11.3 Å². The Hall–Kier alpha value is -2.40. The fourth-order valence-electron chi connectivity index (χ4n) is 2.12. The third-order valence-electron chi connectivity index (χ3n) is 3.24. The van der Waals surface area contributed by atoms with Crippen molar-refractivity contribution >= 4 is 17.3 Å². The molecule has 4 nitrogen and oxygen atoms in total. The first-order valence-electron chi connectivity index (χ1n) is 6.19. The van der Waals surface area contributed by atoms with Crippen LogP contribution in [-0.2, 0) is 18.0 Å². The van der Waals surface area contributed by atoms with Crippen LogP contribution >= 0.6 is 0 Å². The number of fused-ring (bicyclic) bond motifs is 1. The Morgan fingerprint density at radius 2 is 1.95 bits per heavy atom. The maximum Gasteiger partial charge on any atom is 0.255 e. The molecule has 1 aliphatic heterocycles. The van der Waals surface area contributed by atoms with E-state index in [0.29, 0.717) is 24.5 Å². The average molecular weight is 272 g/mol. The quantitative estimate of drug-likeness (QED) is 0.826. The van der Waals surface area contributed by atoms with Crippen molar-refractivity contribution in [3.05, 3.63) is 58.9 Å². The van der Waals surface area contributed by atoms with Gasteiger partial charge in [-0.3, -0.25) is 4.79 Å². The summed E-state index contributed by atoms with van der Waals surface area (Å²) in [6.07, 6.45) is 0. The predicted molar refractivity (Wildman–Crippen MR) is 73.7 cm³/mol. The first-order chi connectivity index (χ1) is 9.63. The van der Waals surface area contributed by atoms with Gasteiger partial charge in [-0.15, -0.1) is 0 Å². The molecule has 0 spiro atoms. The minimum absolute atomic E-state index is 0.0534. The highest BCUT2D eigenvalue weighted by molar-refractivity contribution is 6.04. The zero-order valence-corrected chi connectivity index (χ0v) is 10.7. The highest BCUT2D eigenvalue weighted by Gasteiger charge is 2.14. The number of carbonyl (C=O) groups excluding carboxylic acids is 1. The highest BCUT2D eigenvalue weighted by Crippen LogP contribution is 2.22. The van der Waals surface area contributed by atoms with Crippen molar-refractivity contribution in [2.24, 2.45) is 0 Å². The van der Waals surface area contributed by atoms with E-state index in [1.165, 1.54) is 12.1 Å². The van der Waals surface area contributed by atoms with Gasteiger partial charge in [-0.25, -0.2) is 4.39 Å². The summed E-state index contributed by atoms with van der Waals surface area (Å²) in [5, 5.41) is 2.64. The van der Waals surface area contributed by atoms with E-state index in [2.05, 4.69) is 5.32 Å². The molecule has 1 amide bonds. The minimum atomic E-state index is -0.551. The summed E-state index contributed by atoms with van der Waals surface area (Å²) in [6.45, 7) is 1.10. The van der Waals surface area contributed by atoms with Crippen LogP contribution in [0.2, 0.25) is 0 Å². The summed E-state index contributed by atoms with van der Waals surface area (Å²) in [5.41, 5.74) is 8.45. The van der Waals surface area contributed by atoms with Gasteiger partial charge in [0.15, 0.2) is 0 Å². The number of nitrogens with one attached hydrogen (secondary N) is 1. The molecule has 1 aliphatic rings. The lowest BCUT2D eigenvalue weighted by molar-refractivity contribution is 0.102. The van der Waals surface area contributed by atoms with E-state index in [1.807, 2.05) is 6.07 Å². The zero-order valence-electron chi connectivity index (χ0n) is 10.7. The summed E-state index contributed by atoms with van der Waals surface area (Å²) in [4.78, 5) is 12.1. The summed E-state index contributed by atoms with van der Waals surface area (Å²) < 4.78 is 18.6. The second-order valence-electron chi connectivity index (χ2n) is 4.67. The van der Waals surface area contributed by atoms with Crippen LogP contribution in [0.5, 0.6) is 0 Å². The van der Waals surface area contributed by atoms with Gasteiger partial charge in [0.25, 0.3) is 5.91 Å². The molecule has 2 aromatic carbocycles. The Bertz CT molecular complexity index is 686. The van der Waals surface area contributed by atoms with Crippen molar-refractivity contribution in [1.29, 1.82) is 0 Å². The monoisotopic (exact) mass is 272 g/mol. The molecule has 1 heterocycles. The molecular weight excluding hydrogens is 259 g/mol. The van der Waals surface area contributed by atoms with Crippen LogP contribution < -0.4 is 11.1 Å². The van der Waals surface area contributed by atoms with E-state index in [4.69, 9.17) is 10.5 Å². The minimum Gasteiger partial charge on any atom is -0.396 e. The number of hydrogen-bond acceptors (Lipinski definition) is 3. The Balaban J connectivity index is 1.80. The van der Waals surface area contributed by atoms with Crippen LogP contribution in [0.15, 0.2) is 36.4 Å². The SMILES string of the molecule is Nc1ccc(NC(=O)c2ccc3c(c2)COC3)cc1F. The summed E-state index contributed by atoms with van der Waals surface area (Å²) in [6, 6.07) is 9.58. The first kappa shape index (κ1) is 12.6. The molecule has 0 aliphatic carbocycles. The topological polar surface area (TPSA) is 64.3 Å². The van der Waals surface area contributed by atoms with Crippen LogP contribution in [0.3, 0.4) is 0 Å². The second kappa shape index (κ2) is 4.94. The molecule has 102 valence electrons. The van der Waals surface area contributed by atoms with Gasteiger partial charge in [-0.1, -0.05) is 6.07 Å². The summed E-state index contributed by atoms with van der Waals surface area (Å²) >= 11 is 0. The Labute approximate surface area is 115 Å². The predicted octanol–water partition coefficient (Wildman–Crippen LogP) is 2.69. The van der Waals surface area contributed by atoms with Crippen molar-refractivity contribution in [3.63, 3.8) is 0 Å². The van der Waals surface area contributed by atoms with E-state index in [1.54, 1.807) is 18.2 Å². The van der Waals surface area contributed by atoms with Crippen LogP contribution in [0.1, 0.15) is 21.5 Å². The first-order valence-corrected chi connectivity index (χ1v) is 6.19. The van der Waals surface area contributed by atoms with Gasteiger partial charge < -0.3 is 15.8 Å². The molecule has 0 radical (unpaired) electrons. The number of hydrogen-bond donors (Lipinski definition) is 2. The van der Waals surface area contributed by atoms with Gasteiger partial charge >= 0.3 is 0 Å². The van der Waals surface area contributed by atoms with E-state index in [0.717, 1.165) is 11.1 Å². The molecule has 0 saturated carbocycles. The number of nitrogens with two attached hydrogens (primary N) is 1. The maximum atomic E-state index is 13.3. The van der Waals surface area contributed by atoms with Crippen LogP contribution in [0.4, 0.5) is 15.8 Å². The van der Waals surface area contributed by atoms with Crippen molar-refractivity contribution in [1.82, 2.24) is 0 Å². The number of halogens is 1. The van der Waals surface area contributed by atoms with Crippen molar-refractivity contribution < 1.29 is 13.9 Å². The fraction of sp³-hybridized carbons (Fsp3) is 0.133. The van der Waals surface area contributed by atoms with Crippen LogP contribution in [0.25, 0.3) is 0 Å². The molecule has 0 bridgehead atoms. The standard InChI is InChI=1S/C15H13FN2O2/c16-13-6-12(3-4-14(13)17)18-15(19)9-1-2-10-7-20-8-11(10)5-9/h1-6H,7-8,17H2,(H,18,19). The molecule has 2 aromatic rings.